The molecule has 0 aromatic heterocycles. The summed E-state index contributed by atoms with van der Waals surface area (Å²) >= 11 is 0. The average Bonchev–Trinajstić information content (AvgIpc) is 2.32. The first-order chi connectivity index (χ1) is 8.52. The predicted molar refractivity (Wildman–Crippen MR) is 78.5 cm³/mol. The molecular formula is C16H27NO. The van der Waals surface area contributed by atoms with Crippen molar-refractivity contribution in [3.8, 4) is 5.75 Å². The van der Waals surface area contributed by atoms with Crippen molar-refractivity contribution in [3.63, 3.8) is 0 Å². The first-order valence-electron chi connectivity index (χ1n) is 6.92. The van der Waals surface area contributed by atoms with Gasteiger partial charge in [-0.3, -0.25) is 0 Å². The first-order valence-corrected chi connectivity index (χ1v) is 6.92. The van der Waals surface area contributed by atoms with Gasteiger partial charge in [0, 0.05) is 6.54 Å². The Morgan fingerprint density at radius 1 is 1.06 bits per heavy atom. The van der Waals surface area contributed by atoms with Gasteiger partial charge >= 0.3 is 0 Å². The van der Waals surface area contributed by atoms with Gasteiger partial charge in [0.05, 0.1) is 0 Å². The summed E-state index contributed by atoms with van der Waals surface area (Å²) in [6, 6.07) is 4.28. The molecule has 0 saturated heterocycles. The fraction of sp³-hybridized carbons (Fsp3) is 0.625. The van der Waals surface area contributed by atoms with E-state index in [1.54, 1.807) is 0 Å². The van der Waals surface area contributed by atoms with Gasteiger partial charge < -0.3 is 10.1 Å². The lowest BCUT2D eigenvalue weighted by atomic mass is 10.1. The fourth-order valence-electron chi connectivity index (χ4n) is 1.89. The molecule has 0 saturated carbocycles. The molecule has 0 fully saturated rings. The summed E-state index contributed by atoms with van der Waals surface area (Å²) in [7, 11) is 0. The number of aryl methyl sites for hydroxylation is 2. The van der Waals surface area contributed by atoms with Crippen LogP contribution in [0.25, 0.3) is 0 Å². The van der Waals surface area contributed by atoms with Crippen LogP contribution in [-0.2, 0) is 0 Å². The summed E-state index contributed by atoms with van der Waals surface area (Å²) in [6.07, 6.45) is 1.22. The van der Waals surface area contributed by atoms with E-state index in [0.29, 0.717) is 0 Å². The zero-order chi connectivity index (χ0) is 13.5. The summed E-state index contributed by atoms with van der Waals surface area (Å²) in [5.41, 5.74) is 3.78. The smallest absolute Gasteiger partial charge is 0.125 e. The van der Waals surface area contributed by atoms with Crippen LogP contribution < -0.4 is 10.1 Å². The summed E-state index contributed by atoms with van der Waals surface area (Å²) in [5.74, 6) is 1.82. The van der Waals surface area contributed by atoms with Crippen LogP contribution >= 0.6 is 0 Å². The van der Waals surface area contributed by atoms with Crippen LogP contribution in [0.15, 0.2) is 12.1 Å². The monoisotopic (exact) mass is 249 g/mol. The van der Waals surface area contributed by atoms with Crippen LogP contribution in [0.1, 0.15) is 37.0 Å². The molecule has 0 atom stereocenters. The lowest BCUT2D eigenvalue weighted by Gasteiger charge is -2.14. The molecule has 2 nitrogen and oxygen atoms in total. The van der Waals surface area contributed by atoms with Gasteiger partial charge in [0.25, 0.3) is 0 Å². The van der Waals surface area contributed by atoms with E-state index in [-0.39, 0.29) is 0 Å². The van der Waals surface area contributed by atoms with E-state index in [0.717, 1.165) is 31.4 Å². The minimum atomic E-state index is 0.739. The average molecular weight is 249 g/mol. The summed E-state index contributed by atoms with van der Waals surface area (Å²) in [4.78, 5) is 0. The van der Waals surface area contributed by atoms with Crippen molar-refractivity contribution in [1.82, 2.24) is 5.32 Å². The topological polar surface area (TPSA) is 21.3 Å². The number of ether oxygens (including phenoxy) is 1. The van der Waals surface area contributed by atoms with Crippen LogP contribution in [0.2, 0.25) is 0 Å². The second-order valence-corrected chi connectivity index (χ2v) is 5.43. The molecule has 0 radical (unpaired) electrons. The van der Waals surface area contributed by atoms with Crippen molar-refractivity contribution >= 4 is 0 Å². The second kappa shape index (κ2) is 7.42. The first kappa shape index (κ1) is 15.0. The number of hydrogen-bond donors (Lipinski definition) is 1. The maximum absolute atomic E-state index is 5.89. The Balaban J connectivity index is 2.33. The van der Waals surface area contributed by atoms with E-state index >= 15 is 0 Å². The van der Waals surface area contributed by atoms with E-state index in [2.05, 4.69) is 52.1 Å². The number of nitrogens with one attached hydrogen (secondary N) is 1. The van der Waals surface area contributed by atoms with Crippen molar-refractivity contribution in [3.05, 3.63) is 28.8 Å². The number of hydrogen-bond acceptors (Lipinski definition) is 2. The van der Waals surface area contributed by atoms with Gasteiger partial charge in [0.2, 0.25) is 0 Å². The lowest BCUT2D eigenvalue weighted by molar-refractivity contribution is 0.308. The molecule has 0 amide bonds. The zero-order valence-electron chi connectivity index (χ0n) is 12.5. The molecule has 1 aromatic carbocycles. The number of benzene rings is 1. The molecule has 0 aliphatic rings. The fourth-order valence-corrected chi connectivity index (χ4v) is 1.89. The Hall–Kier alpha value is -1.02. The molecule has 1 rings (SSSR count). The largest absolute Gasteiger partial charge is 0.492 e. The summed E-state index contributed by atoms with van der Waals surface area (Å²) in [5, 5.41) is 3.42. The normalized spacial score (nSPS) is 11.0. The van der Waals surface area contributed by atoms with E-state index in [4.69, 9.17) is 4.74 Å². The van der Waals surface area contributed by atoms with E-state index < -0.39 is 0 Å². The van der Waals surface area contributed by atoms with Gasteiger partial charge in [0.1, 0.15) is 12.4 Å². The SMILES string of the molecule is Cc1ccc(C)c(OCCNCCC(C)C)c1C. The maximum Gasteiger partial charge on any atom is 0.125 e. The number of rotatable bonds is 7. The van der Waals surface area contributed by atoms with Gasteiger partial charge in [0.15, 0.2) is 0 Å². The Kier molecular flexibility index (Phi) is 6.20. The highest BCUT2D eigenvalue weighted by Gasteiger charge is 2.05. The lowest BCUT2D eigenvalue weighted by Crippen LogP contribution is -2.23. The Morgan fingerprint density at radius 2 is 1.72 bits per heavy atom. The van der Waals surface area contributed by atoms with Gasteiger partial charge in [-0.05, 0) is 56.3 Å². The molecule has 0 heterocycles. The molecule has 18 heavy (non-hydrogen) atoms. The maximum atomic E-state index is 5.89. The summed E-state index contributed by atoms with van der Waals surface area (Å²) in [6.45, 7) is 13.6. The van der Waals surface area contributed by atoms with Crippen molar-refractivity contribution in [2.24, 2.45) is 5.92 Å². The van der Waals surface area contributed by atoms with Crippen LogP contribution in [0.4, 0.5) is 0 Å². The van der Waals surface area contributed by atoms with Crippen molar-refractivity contribution in [1.29, 1.82) is 0 Å². The molecule has 0 aliphatic carbocycles. The highest BCUT2D eigenvalue weighted by molar-refractivity contribution is 5.44. The molecule has 1 N–H and O–H groups in total. The third kappa shape index (κ3) is 4.69. The highest BCUT2D eigenvalue weighted by Crippen LogP contribution is 2.25. The van der Waals surface area contributed by atoms with Crippen LogP contribution in [-0.4, -0.2) is 19.7 Å². The second-order valence-electron chi connectivity index (χ2n) is 5.43. The van der Waals surface area contributed by atoms with Crippen LogP contribution in [0, 0.1) is 26.7 Å². The third-order valence-corrected chi connectivity index (χ3v) is 3.30. The highest BCUT2D eigenvalue weighted by atomic mass is 16.5. The van der Waals surface area contributed by atoms with Gasteiger partial charge in [-0.25, -0.2) is 0 Å². The Labute approximate surface area is 112 Å². The molecule has 102 valence electrons. The Morgan fingerprint density at radius 3 is 2.39 bits per heavy atom. The minimum absolute atomic E-state index is 0.739. The third-order valence-electron chi connectivity index (χ3n) is 3.30. The molecule has 2 heteroatoms. The molecule has 0 aliphatic heterocycles. The van der Waals surface area contributed by atoms with Gasteiger partial charge in [-0.15, -0.1) is 0 Å². The summed E-state index contributed by atoms with van der Waals surface area (Å²) < 4.78 is 5.89. The zero-order valence-corrected chi connectivity index (χ0v) is 12.5. The minimum Gasteiger partial charge on any atom is -0.492 e. The van der Waals surface area contributed by atoms with E-state index in [1.807, 2.05) is 0 Å². The molecular weight excluding hydrogens is 222 g/mol. The van der Waals surface area contributed by atoms with Crippen LogP contribution in [0.5, 0.6) is 5.75 Å². The van der Waals surface area contributed by atoms with Crippen molar-refractivity contribution in [2.45, 2.75) is 41.0 Å². The quantitative estimate of drug-likeness (QED) is 0.745. The standard InChI is InChI=1S/C16H27NO/c1-12(2)8-9-17-10-11-18-16-14(4)7-6-13(3)15(16)5/h6-7,12,17H,8-11H2,1-5H3. The molecule has 1 aromatic rings. The molecule has 0 unspecified atom stereocenters. The van der Waals surface area contributed by atoms with Crippen molar-refractivity contribution < 1.29 is 4.74 Å². The Bertz CT molecular complexity index is 372. The van der Waals surface area contributed by atoms with E-state index in [9.17, 15) is 0 Å². The van der Waals surface area contributed by atoms with E-state index in [1.165, 1.54) is 23.1 Å². The van der Waals surface area contributed by atoms with Gasteiger partial charge in [-0.2, -0.15) is 0 Å². The van der Waals surface area contributed by atoms with Crippen LogP contribution in [0.3, 0.4) is 0 Å². The molecule has 0 bridgehead atoms. The molecule has 0 spiro atoms. The predicted octanol–water partition coefficient (Wildman–Crippen LogP) is 3.63. The van der Waals surface area contributed by atoms with Gasteiger partial charge in [-0.1, -0.05) is 26.0 Å². The van der Waals surface area contributed by atoms with Crippen molar-refractivity contribution in [2.75, 3.05) is 19.7 Å².